The molecule has 0 atom stereocenters. The summed E-state index contributed by atoms with van der Waals surface area (Å²) < 4.78 is 4.42. The maximum atomic E-state index is 12.0. The summed E-state index contributed by atoms with van der Waals surface area (Å²) in [7, 11) is 1.26. The highest BCUT2D eigenvalue weighted by atomic mass is 16.5. The van der Waals surface area contributed by atoms with Gasteiger partial charge in [-0.15, -0.1) is 0 Å². The Morgan fingerprint density at radius 2 is 2.26 bits per heavy atom. The molecule has 0 aliphatic carbocycles. The van der Waals surface area contributed by atoms with E-state index in [-0.39, 0.29) is 12.5 Å². The number of H-pyrrole nitrogens is 1. The minimum atomic E-state index is -0.612. The summed E-state index contributed by atoms with van der Waals surface area (Å²) in [6, 6.07) is 0. The van der Waals surface area contributed by atoms with Crippen LogP contribution < -0.4 is 5.32 Å². The molecule has 1 aromatic heterocycles. The minimum absolute atomic E-state index is 0.0770. The van der Waals surface area contributed by atoms with E-state index in [0.717, 1.165) is 17.9 Å². The number of alkyl carbamates (subject to hydrolysis) is 1. The van der Waals surface area contributed by atoms with E-state index in [1.807, 2.05) is 13.8 Å². The first-order chi connectivity index (χ1) is 9.06. The SMILES string of the molecule is CCCN(Cc1ncc(C)[nH]1)C(=O)CNC(=O)OC. The summed E-state index contributed by atoms with van der Waals surface area (Å²) in [4.78, 5) is 31.8. The second-order valence-corrected chi connectivity index (χ2v) is 4.17. The predicted octanol–water partition coefficient (Wildman–Crippen LogP) is 0.813. The fraction of sp³-hybridized carbons (Fsp3) is 0.583. The quantitative estimate of drug-likeness (QED) is 0.799. The molecule has 0 saturated heterocycles. The summed E-state index contributed by atoms with van der Waals surface area (Å²) in [5, 5.41) is 2.38. The maximum Gasteiger partial charge on any atom is 0.407 e. The van der Waals surface area contributed by atoms with Gasteiger partial charge in [-0.3, -0.25) is 4.79 Å². The lowest BCUT2D eigenvalue weighted by Crippen LogP contribution is -2.40. The van der Waals surface area contributed by atoms with Crippen molar-refractivity contribution in [2.45, 2.75) is 26.8 Å². The number of aromatic nitrogens is 2. The average molecular weight is 268 g/mol. The molecule has 0 spiro atoms. The van der Waals surface area contributed by atoms with Crippen molar-refractivity contribution >= 4 is 12.0 Å². The highest BCUT2D eigenvalue weighted by Gasteiger charge is 2.15. The summed E-state index contributed by atoms with van der Waals surface area (Å²) in [6.07, 6.45) is 1.94. The molecule has 7 heteroatoms. The maximum absolute atomic E-state index is 12.0. The Kier molecular flexibility index (Phi) is 5.84. The van der Waals surface area contributed by atoms with Gasteiger partial charge in [-0.1, -0.05) is 6.92 Å². The average Bonchev–Trinajstić information content (AvgIpc) is 2.80. The molecule has 0 unspecified atom stereocenters. The molecule has 1 aromatic rings. The van der Waals surface area contributed by atoms with Crippen molar-refractivity contribution in [2.75, 3.05) is 20.2 Å². The molecule has 0 aliphatic heterocycles. The number of aromatic amines is 1. The second-order valence-electron chi connectivity index (χ2n) is 4.17. The molecule has 0 aromatic carbocycles. The van der Waals surface area contributed by atoms with Crippen LogP contribution in [0.1, 0.15) is 24.9 Å². The number of imidazole rings is 1. The number of amides is 2. The van der Waals surface area contributed by atoms with E-state index < -0.39 is 6.09 Å². The highest BCUT2D eigenvalue weighted by molar-refractivity contribution is 5.82. The molecule has 0 saturated carbocycles. The number of aryl methyl sites for hydroxylation is 1. The zero-order chi connectivity index (χ0) is 14.3. The smallest absolute Gasteiger partial charge is 0.407 e. The van der Waals surface area contributed by atoms with Crippen LogP contribution in [0.3, 0.4) is 0 Å². The van der Waals surface area contributed by atoms with Crippen LogP contribution in [0.4, 0.5) is 4.79 Å². The second kappa shape index (κ2) is 7.40. The van der Waals surface area contributed by atoms with Gasteiger partial charge in [0.25, 0.3) is 0 Å². The van der Waals surface area contributed by atoms with Gasteiger partial charge in [-0.2, -0.15) is 0 Å². The van der Waals surface area contributed by atoms with Crippen LogP contribution in [0.2, 0.25) is 0 Å². The van der Waals surface area contributed by atoms with Crippen LogP contribution in [0, 0.1) is 6.92 Å². The fourth-order valence-electron chi connectivity index (χ4n) is 1.62. The number of nitrogens with zero attached hydrogens (tertiary/aromatic N) is 2. The van der Waals surface area contributed by atoms with E-state index in [1.165, 1.54) is 7.11 Å². The van der Waals surface area contributed by atoms with Crippen molar-refractivity contribution in [1.82, 2.24) is 20.2 Å². The normalized spacial score (nSPS) is 10.1. The van der Waals surface area contributed by atoms with Gasteiger partial charge in [-0.05, 0) is 13.3 Å². The zero-order valence-electron chi connectivity index (χ0n) is 11.5. The van der Waals surface area contributed by atoms with Crippen LogP contribution in [0.25, 0.3) is 0 Å². The standard InChI is InChI=1S/C12H20N4O3/c1-4-5-16(8-10-13-6-9(2)15-10)11(17)7-14-12(18)19-3/h6H,4-5,7-8H2,1-3H3,(H,13,15)(H,14,18). The van der Waals surface area contributed by atoms with Crippen molar-refractivity contribution in [1.29, 1.82) is 0 Å². The highest BCUT2D eigenvalue weighted by Crippen LogP contribution is 2.02. The Bertz CT molecular complexity index is 430. The van der Waals surface area contributed by atoms with Crippen LogP contribution in [-0.2, 0) is 16.1 Å². The van der Waals surface area contributed by atoms with Gasteiger partial charge in [0, 0.05) is 18.4 Å². The van der Waals surface area contributed by atoms with Crippen molar-refractivity contribution < 1.29 is 14.3 Å². The predicted molar refractivity (Wildman–Crippen MR) is 69.4 cm³/mol. The Balaban J connectivity index is 2.55. The van der Waals surface area contributed by atoms with Gasteiger partial charge >= 0.3 is 6.09 Å². The molecule has 0 radical (unpaired) electrons. The number of nitrogens with one attached hydrogen (secondary N) is 2. The lowest BCUT2D eigenvalue weighted by atomic mass is 10.3. The van der Waals surface area contributed by atoms with Crippen LogP contribution in [0.5, 0.6) is 0 Å². The third-order valence-corrected chi connectivity index (χ3v) is 2.51. The van der Waals surface area contributed by atoms with E-state index in [4.69, 9.17) is 0 Å². The number of carbonyl (C=O) groups excluding carboxylic acids is 2. The molecule has 2 amide bonds. The Morgan fingerprint density at radius 3 is 2.79 bits per heavy atom. The fourth-order valence-corrected chi connectivity index (χ4v) is 1.62. The van der Waals surface area contributed by atoms with Gasteiger partial charge in [0.1, 0.15) is 12.4 Å². The van der Waals surface area contributed by atoms with E-state index in [0.29, 0.717) is 13.1 Å². The Labute approximate surface area is 112 Å². The van der Waals surface area contributed by atoms with Crippen LogP contribution >= 0.6 is 0 Å². The number of methoxy groups -OCH3 is 1. The first-order valence-electron chi connectivity index (χ1n) is 6.16. The first kappa shape index (κ1) is 15.0. The van der Waals surface area contributed by atoms with Gasteiger partial charge in [0.15, 0.2) is 0 Å². The lowest BCUT2D eigenvalue weighted by molar-refractivity contribution is -0.130. The molecule has 0 bridgehead atoms. The van der Waals surface area contributed by atoms with Crippen molar-refractivity contribution in [2.24, 2.45) is 0 Å². The van der Waals surface area contributed by atoms with Crippen molar-refractivity contribution in [3.05, 3.63) is 17.7 Å². The third-order valence-electron chi connectivity index (χ3n) is 2.51. The number of rotatable bonds is 6. The van der Waals surface area contributed by atoms with E-state index in [2.05, 4.69) is 20.0 Å². The number of ether oxygens (including phenoxy) is 1. The monoisotopic (exact) mass is 268 g/mol. The number of hydrogen-bond donors (Lipinski definition) is 2. The van der Waals surface area contributed by atoms with Gasteiger partial charge in [-0.25, -0.2) is 9.78 Å². The number of carbonyl (C=O) groups is 2. The van der Waals surface area contributed by atoms with E-state index in [9.17, 15) is 9.59 Å². The van der Waals surface area contributed by atoms with Crippen molar-refractivity contribution in [3.8, 4) is 0 Å². The molecular formula is C12H20N4O3. The molecule has 1 rings (SSSR count). The lowest BCUT2D eigenvalue weighted by Gasteiger charge is -2.21. The topological polar surface area (TPSA) is 87.3 Å². The Morgan fingerprint density at radius 1 is 1.53 bits per heavy atom. The molecule has 2 N–H and O–H groups in total. The summed E-state index contributed by atoms with van der Waals surface area (Å²) in [5.74, 6) is 0.568. The molecular weight excluding hydrogens is 248 g/mol. The third kappa shape index (κ3) is 4.99. The zero-order valence-corrected chi connectivity index (χ0v) is 11.5. The minimum Gasteiger partial charge on any atom is -0.453 e. The van der Waals surface area contributed by atoms with Crippen LogP contribution in [-0.4, -0.2) is 47.1 Å². The largest absolute Gasteiger partial charge is 0.453 e. The Hall–Kier alpha value is -2.05. The summed E-state index contributed by atoms with van der Waals surface area (Å²) in [5.41, 5.74) is 0.951. The summed E-state index contributed by atoms with van der Waals surface area (Å²) in [6.45, 7) is 4.83. The van der Waals surface area contributed by atoms with Gasteiger partial charge in [0.05, 0.1) is 13.7 Å². The van der Waals surface area contributed by atoms with E-state index >= 15 is 0 Å². The number of hydrogen-bond acceptors (Lipinski definition) is 4. The van der Waals surface area contributed by atoms with E-state index in [1.54, 1.807) is 11.1 Å². The molecule has 0 aliphatic rings. The molecule has 1 heterocycles. The first-order valence-corrected chi connectivity index (χ1v) is 6.16. The molecule has 0 fully saturated rings. The molecule has 7 nitrogen and oxygen atoms in total. The molecule has 19 heavy (non-hydrogen) atoms. The van der Waals surface area contributed by atoms with Gasteiger partial charge < -0.3 is 19.9 Å². The summed E-state index contributed by atoms with van der Waals surface area (Å²) >= 11 is 0. The van der Waals surface area contributed by atoms with Gasteiger partial charge in [0.2, 0.25) is 5.91 Å². The van der Waals surface area contributed by atoms with Crippen LogP contribution in [0.15, 0.2) is 6.20 Å². The molecule has 106 valence electrons. The van der Waals surface area contributed by atoms with Crippen molar-refractivity contribution in [3.63, 3.8) is 0 Å².